The van der Waals surface area contributed by atoms with Crippen molar-refractivity contribution in [2.45, 2.75) is 31.7 Å². The van der Waals surface area contributed by atoms with E-state index in [0.29, 0.717) is 12.3 Å². The molecular weight excluding hydrogens is 212 g/mol. The molecule has 3 heteroatoms. The molecule has 1 atom stereocenters. The zero-order chi connectivity index (χ0) is 12.1. The highest BCUT2D eigenvalue weighted by molar-refractivity contribution is 5.77. The van der Waals surface area contributed by atoms with Crippen LogP contribution >= 0.6 is 0 Å². The van der Waals surface area contributed by atoms with E-state index >= 15 is 0 Å². The maximum Gasteiger partial charge on any atom is 0.221 e. The second-order valence-corrected chi connectivity index (χ2v) is 4.54. The highest BCUT2D eigenvalue weighted by atomic mass is 16.1. The van der Waals surface area contributed by atoms with Gasteiger partial charge in [-0.05, 0) is 24.3 Å². The molecule has 1 amide bonds. The second kappa shape index (κ2) is 5.49. The zero-order valence-electron chi connectivity index (χ0n) is 9.73. The van der Waals surface area contributed by atoms with Gasteiger partial charge in [0.2, 0.25) is 5.91 Å². The van der Waals surface area contributed by atoms with Crippen molar-refractivity contribution in [1.82, 2.24) is 5.32 Å². The number of amides is 1. The molecule has 1 aromatic rings. The molecule has 1 N–H and O–H groups in total. The summed E-state index contributed by atoms with van der Waals surface area (Å²) < 4.78 is 0. The van der Waals surface area contributed by atoms with E-state index in [2.05, 4.69) is 11.4 Å². The summed E-state index contributed by atoms with van der Waals surface area (Å²) in [4.78, 5) is 11.7. The zero-order valence-corrected chi connectivity index (χ0v) is 9.73. The number of hydrogen-bond donors (Lipinski definition) is 1. The normalized spacial score (nSPS) is 16.6. The highest BCUT2D eigenvalue weighted by Gasteiger charge is 2.22. The van der Waals surface area contributed by atoms with Crippen molar-refractivity contribution in [1.29, 1.82) is 5.26 Å². The molecule has 0 spiro atoms. The molecule has 1 aromatic carbocycles. The van der Waals surface area contributed by atoms with Crippen LogP contribution in [-0.2, 0) is 4.79 Å². The second-order valence-electron chi connectivity index (χ2n) is 4.54. The maximum atomic E-state index is 11.7. The fourth-order valence-electron chi connectivity index (χ4n) is 2.01. The average Bonchev–Trinajstić information content (AvgIpc) is 2.32. The molecule has 1 aliphatic rings. The minimum Gasteiger partial charge on any atom is -0.337 e. The van der Waals surface area contributed by atoms with Crippen LogP contribution in [0, 0.1) is 17.2 Å². The van der Waals surface area contributed by atoms with Crippen LogP contribution in [0.25, 0.3) is 0 Å². The lowest BCUT2D eigenvalue weighted by Gasteiger charge is -2.25. The van der Waals surface area contributed by atoms with Gasteiger partial charge in [0.1, 0.15) is 6.04 Å². The summed E-state index contributed by atoms with van der Waals surface area (Å²) >= 11 is 0. The Bertz CT molecular complexity index is 418. The van der Waals surface area contributed by atoms with Crippen molar-refractivity contribution >= 4 is 5.91 Å². The summed E-state index contributed by atoms with van der Waals surface area (Å²) in [5, 5.41) is 11.9. The van der Waals surface area contributed by atoms with Gasteiger partial charge in [-0.25, -0.2) is 0 Å². The highest BCUT2D eigenvalue weighted by Crippen LogP contribution is 2.29. The first-order chi connectivity index (χ1) is 8.29. The number of carbonyl (C=O) groups excluding carboxylic acids is 1. The van der Waals surface area contributed by atoms with E-state index in [9.17, 15) is 4.79 Å². The van der Waals surface area contributed by atoms with E-state index in [1.54, 1.807) is 0 Å². The minimum absolute atomic E-state index is 0.00916. The number of benzene rings is 1. The molecule has 0 saturated heterocycles. The molecule has 0 bridgehead atoms. The molecule has 0 heterocycles. The Balaban J connectivity index is 1.91. The molecular formula is C14H16N2O. The Morgan fingerprint density at radius 3 is 2.65 bits per heavy atom. The monoisotopic (exact) mass is 228 g/mol. The summed E-state index contributed by atoms with van der Waals surface area (Å²) in [6.45, 7) is 0. The lowest BCUT2D eigenvalue weighted by molar-refractivity contribution is -0.123. The van der Waals surface area contributed by atoms with Crippen LogP contribution in [0.1, 0.15) is 37.3 Å². The van der Waals surface area contributed by atoms with Crippen LogP contribution in [0.15, 0.2) is 30.3 Å². The van der Waals surface area contributed by atoms with Crippen LogP contribution in [0.5, 0.6) is 0 Å². The molecule has 1 saturated carbocycles. The van der Waals surface area contributed by atoms with Gasteiger partial charge in [-0.15, -0.1) is 0 Å². The van der Waals surface area contributed by atoms with Crippen LogP contribution in [0.4, 0.5) is 0 Å². The molecule has 88 valence electrons. The number of nitriles is 1. The quantitative estimate of drug-likeness (QED) is 0.861. The number of rotatable bonds is 4. The molecule has 3 nitrogen and oxygen atoms in total. The number of hydrogen-bond acceptors (Lipinski definition) is 2. The summed E-state index contributed by atoms with van der Waals surface area (Å²) in [5.74, 6) is 0.523. The van der Waals surface area contributed by atoms with Crippen molar-refractivity contribution in [3.63, 3.8) is 0 Å². The average molecular weight is 228 g/mol. The molecule has 0 aliphatic heterocycles. The van der Waals surface area contributed by atoms with E-state index in [1.165, 1.54) is 6.42 Å². The van der Waals surface area contributed by atoms with Crippen molar-refractivity contribution < 1.29 is 4.79 Å². The Labute approximate surface area is 101 Å². The van der Waals surface area contributed by atoms with Gasteiger partial charge >= 0.3 is 0 Å². The third-order valence-electron chi connectivity index (χ3n) is 3.27. The lowest BCUT2D eigenvalue weighted by atomic mass is 9.83. The van der Waals surface area contributed by atoms with Crippen LogP contribution in [0.2, 0.25) is 0 Å². The van der Waals surface area contributed by atoms with E-state index in [-0.39, 0.29) is 5.91 Å². The topological polar surface area (TPSA) is 52.9 Å². The van der Waals surface area contributed by atoms with Crippen LogP contribution in [-0.4, -0.2) is 5.91 Å². The van der Waals surface area contributed by atoms with E-state index in [4.69, 9.17) is 5.26 Å². The van der Waals surface area contributed by atoms with Gasteiger partial charge in [0, 0.05) is 6.42 Å². The maximum absolute atomic E-state index is 11.7. The van der Waals surface area contributed by atoms with E-state index < -0.39 is 6.04 Å². The first-order valence-corrected chi connectivity index (χ1v) is 6.03. The van der Waals surface area contributed by atoms with E-state index in [0.717, 1.165) is 18.4 Å². The van der Waals surface area contributed by atoms with Crippen LogP contribution < -0.4 is 5.32 Å². The number of nitrogens with one attached hydrogen (secondary N) is 1. The third kappa shape index (κ3) is 3.07. The van der Waals surface area contributed by atoms with Crippen molar-refractivity contribution in [2.75, 3.05) is 0 Å². The van der Waals surface area contributed by atoms with Gasteiger partial charge in [0.05, 0.1) is 6.07 Å². The molecule has 17 heavy (non-hydrogen) atoms. The summed E-state index contributed by atoms with van der Waals surface area (Å²) in [6, 6.07) is 11.0. The van der Waals surface area contributed by atoms with Crippen molar-refractivity contribution in [3.8, 4) is 6.07 Å². The Hall–Kier alpha value is -1.82. The molecule has 0 aromatic heterocycles. The van der Waals surface area contributed by atoms with Gasteiger partial charge in [-0.3, -0.25) is 4.79 Å². The third-order valence-corrected chi connectivity index (χ3v) is 3.27. The first kappa shape index (κ1) is 11.7. The smallest absolute Gasteiger partial charge is 0.221 e. The van der Waals surface area contributed by atoms with Gasteiger partial charge in [-0.1, -0.05) is 36.8 Å². The summed E-state index contributed by atoms with van der Waals surface area (Å²) in [6.07, 6.45) is 4.09. The number of carbonyl (C=O) groups is 1. The van der Waals surface area contributed by atoms with Crippen molar-refractivity contribution in [2.24, 2.45) is 5.92 Å². The minimum atomic E-state index is -0.524. The first-order valence-electron chi connectivity index (χ1n) is 6.03. The predicted octanol–water partition coefficient (Wildman–Crippen LogP) is 2.56. The van der Waals surface area contributed by atoms with Gasteiger partial charge in [-0.2, -0.15) is 5.26 Å². The number of nitrogens with zero attached hydrogens (tertiary/aromatic N) is 1. The molecule has 1 fully saturated rings. The summed E-state index contributed by atoms with van der Waals surface area (Å²) in [7, 11) is 0. The SMILES string of the molecule is N#CC(NC(=O)CC1CCC1)c1ccccc1. The lowest BCUT2D eigenvalue weighted by Crippen LogP contribution is -2.30. The Kier molecular flexibility index (Phi) is 3.77. The molecule has 0 radical (unpaired) electrons. The van der Waals surface area contributed by atoms with Crippen LogP contribution in [0.3, 0.4) is 0 Å². The fraction of sp³-hybridized carbons (Fsp3) is 0.429. The Morgan fingerprint density at radius 1 is 1.41 bits per heavy atom. The fourth-order valence-corrected chi connectivity index (χ4v) is 2.01. The Morgan fingerprint density at radius 2 is 2.12 bits per heavy atom. The van der Waals surface area contributed by atoms with Crippen molar-refractivity contribution in [3.05, 3.63) is 35.9 Å². The summed E-state index contributed by atoms with van der Waals surface area (Å²) in [5.41, 5.74) is 0.844. The van der Waals surface area contributed by atoms with E-state index in [1.807, 2.05) is 30.3 Å². The molecule has 1 unspecified atom stereocenters. The largest absolute Gasteiger partial charge is 0.337 e. The standard InChI is InChI=1S/C14H16N2O/c15-10-13(12-7-2-1-3-8-12)16-14(17)9-11-5-4-6-11/h1-3,7-8,11,13H,4-6,9H2,(H,16,17). The predicted molar refractivity (Wildman–Crippen MR) is 64.9 cm³/mol. The van der Waals surface area contributed by atoms with Gasteiger partial charge < -0.3 is 5.32 Å². The molecule has 2 rings (SSSR count). The van der Waals surface area contributed by atoms with Gasteiger partial charge in [0.25, 0.3) is 0 Å². The van der Waals surface area contributed by atoms with Gasteiger partial charge in [0.15, 0.2) is 0 Å². The molecule has 1 aliphatic carbocycles.